The predicted octanol–water partition coefficient (Wildman–Crippen LogP) is 0.633. The second kappa shape index (κ2) is 4.78. The second-order valence-electron chi connectivity index (χ2n) is 4.78. The molecule has 2 N–H and O–H groups in total. The average molecular weight is 298 g/mol. The van der Waals surface area contributed by atoms with Crippen LogP contribution in [0.5, 0.6) is 0 Å². The quantitative estimate of drug-likeness (QED) is 0.860. The van der Waals surface area contributed by atoms with Gasteiger partial charge in [-0.1, -0.05) is 0 Å². The molecule has 1 unspecified atom stereocenters. The summed E-state index contributed by atoms with van der Waals surface area (Å²) in [5.41, 5.74) is 0.432. The van der Waals surface area contributed by atoms with Gasteiger partial charge in [0.1, 0.15) is 9.84 Å². The Labute approximate surface area is 114 Å². The third-order valence-electron chi connectivity index (χ3n) is 2.95. The van der Waals surface area contributed by atoms with E-state index < -0.39 is 27.5 Å². The van der Waals surface area contributed by atoms with Gasteiger partial charge in [-0.3, -0.25) is 4.57 Å². The van der Waals surface area contributed by atoms with Crippen LogP contribution in [0.2, 0.25) is 0 Å². The molecule has 108 valence electrons. The highest BCUT2D eigenvalue weighted by Crippen LogP contribution is 2.17. The molecule has 0 spiro atoms. The number of fused-ring (bicyclic) bond motifs is 1. The molecule has 0 saturated carbocycles. The third-order valence-corrected chi connectivity index (χ3v) is 4.04. The van der Waals surface area contributed by atoms with Gasteiger partial charge in [-0.2, -0.15) is 0 Å². The number of carboxylic acids is 1. The van der Waals surface area contributed by atoms with Crippen molar-refractivity contribution >= 4 is 26.8 Å². The smallest absolute Gasteiger partial charge is 0.335 e. The Bertz CT molecular complexity index is 831. The van der Waals surface area contributed by atoms with Crippen molar-refractivity contribution in [3.63, 3.8) is 0 Å². The number of carbonyl (C=O) groups is 1. The fourth-order valence-electron chi connectivity index (χ4n) is 2.20. The Morgan fingerprint density at radius 1 is 1.45 bits per heavy atom. The molecule has 1 atom stereocenters. The van der Waals surface area contributed by atoms with E-state index in [1.807, 2.05) is 0 Å². The van der Waals surface area contributed by atoms with Crippen LogP contribution in [0.4, 0.5) is 0 Å². The topological polar surface area (TPSA) is 109 Å². The zero-order valence-corrected chi connectivity index (χ0v) is 11.8. The first-order chi connectivity index (χ1) is 9.19. The molecule has 1 heterocycles. The maximum atomic E-state index is 11.9. The van der Waals surface area contributed by atoms with Crippen LogP contribution >= 0.6 is 0 Å². The number of sulfone groups is 1. The van der Waals surface area contributed by atoms with Crippen LogP contribution in [-0.4, -0.2) is 41.1 Å². The van der Waals surface area contributed by atoms with Gasteiger partial charge in [0, 0.05) is 12.3 Å². The number of aromatic carboxylic acids is 1. The maximum Gasteiger partial charge on any atom is 0.335 e. The van der Waals surface area contributed by atoms with Crippen LogP contribution in [-0.2, 0) is 9.84 Å². The van der Waals surface area contributed by atoms with Gasteiger partial charge in [0.05, 0.1) is 22.3 Å². The van der Waals surface area contributed by atoms with E-state index >= 15 is 0 Å². The van der Waals surface area contributed by atoms with Crippen molar-refractivity contribution in [1.82, 2.24) is 9.55 Å². The lowest BCUT2D eigenvalue weighted by Gasteiger charge is -2.12. The molecular formula is C12H14N2O5S. The van der Waals surface area contributed by atoms with E-state index in [4.69, 9.17) is 5.11 Å². The Morgan fingerprint density at radius 2 is 2.10 bits per heavy atom. The number of rotatable bonds is 4. The van der Waals surface area contributed by atoms with Crippen LogP contribution in [0.3, 0.4) is 0 Å². The normalized spacial score (nSPS) is 13.5. The van der Waals surface area contributed by atoms with Crippen LogP contribution in [0.15, 0.2) is 23.0 Å². The van der Waals surface area contributed by atoms with E-state index in [0.717, 1.165) is 6.26 Å². The molecule has 0 bridgehead atoms. The number of aromatic amines is 1. The number of nitrogens with zero attached hydrogens (tertiary/aromatic N) is 1. The standard InChI is InChI=1S/C12H14N2O5S/c1-7(6-20(2,18)19)14-10-5-8(11(15)16)3-4-9(10)13-12(14)17/h3-5,7H,6H2,1-2H3,(H,13,17)(H,15,16). The molecule has 2 aromatic rings. The highest BCUT2D eigenvalue weighted by atomic mass is 32.2. The SMILES string of the molecule is CC(CS(C)(=O)=O)n1c(=O)[nH]c2ccc(C(=O)O)cc21. The van der Waals surface area contributed by atoms with Crippen molar-refractivity contribution in [1.29, 1.82) is 0 Å². The largest absolute Gasteiger partial charge is 0.478 e. The summed E-state index contributed by atoms with van der Waals surface area (Å²) in [6.07, 6.45) is 1.09. The van der Waals surface area contributed by atoms with Crippen molar-refractivity contribution in [2.75, 3.05) is 12.0 Å². The van der Waals surface area contributed by atoms with Crippen molar-refractivity contribution in [2.45, 2.75) is 13.0 Å². The summed E-state index contributed by atoms with van der Waals surface area (Å²) in [4.78, 5) is 25.5. The Balaban J connectivity index is 2.62. The predicted molar refractivity (Wildman–Crippen MR) is 73.9 cm³/mol. The third kappa shape index (κ3) is 2.74. The number of hydrogen-bond donors (Lipinski definition) is 2. The van der Waals surface area contributed by atoms with Crippen molar-refractivity contribution in [3.05, 3.63) is 34.2 Å². The van der Waals surface area contributed by atoms with E-state index in [9.17, 15) is 18.0 Å². The van der Waals surface area contributed by atoms with Crippen molar-refractivity contribution < 1.29 is 18.3 Å². The van der Waals surface area contributed by atoms with E-state index in [-0.39, 0.29) is 11.3 Å². The molecule has 0 saturated heterocycles. The molecule has 1 aromatic heterocycles. The lowest BCUT2D eigenvalue weighted by molar-refractivity contribution is 0.0697. The van der Waals surface area contributed by atoms with Crippen LogP contribution in [0.25, 0.3) is 11.0 Å². The minimum absolute atomic E-state index is 0.0387. The fraction of sp³-hybridized carbons (Fsp3) is 0.333. The zero-order valence-electron chi connectivity index (χ0n) is 11.0. The molecule has 20 heavy (non-hydrogen) atoms. The first-order valence-electron chi connectivity index (χ1n) is 5.84. The van der Waals surface area contributed by atoms with Gasteiger partial charge in [-0.15, -0.1) is 0 Å². The minimum atomic E-state index is -3.25. The van der Waals surface area contributed by atoms with Gasteiger partial charge in [0.25, 0.3) is 0 Å². The van der Waals surface area contributed by atoms with Crippen LogP contribution in [0, 0.1) is 0 Å². The van der Waals surface area contributed by atoms with Gasteiger partial charge < -0.3 is 10.1 Å². The average Bonchev–Trinajstić information content (AvgIpc) is 2.61. The van der Waals surface area contributed by atoms with E-state index in [1.165, 1.54) is 22.8 Å². The van der Waals surface area contributed by atoms with Crippen molar-refractivity contribution in [2.24, 2.45) is 0 Å². The Kier molecular flexibility index (Phi) is 3.43. The molecule has 7 nitrogen and oxygen atoms in total. The fourth-order valence-corrected chi connectivity index (χ4v) is 3.23. The number of H-pyrrole nitrogens is 1. The number of carboxylic acid groups (broad SMARTS) is 1. The number of benzene rings is 1. The van der Waals surface area contributed by atoms with Gasteiger partial charge >= 0.3 is 11.7 Å². The summed E-state index contributed by atoms with van der Waals surface area (Å²) < 4.78 is 23.9. The zero-order chi connectivity index (χ0) is 15.1. The van der Waals surface area contributed by atoms with Gasteiger partial charge in [-0.05, 0) is 25.1 Å². The first kappa shape index (κ1) is 14.3. The molecule has 0 fully saturated rings. The van der Waals surface area contributed by atoms with E-state index in [0.29, 0.717) is 11.0 Å². The number of imidazole rings is 1. The Morgan fingerprint density at radius 3 is 2.65 bits per heavy atom. The lowest BCUT2D eigenvalue weighted by Crippen LogP contribution is -2.25. The molecule has 0 aliphatic carbocycles. The summed E-state index contributed by atoms with van der Waals surface area (Å²) in [6.45, 7) is 1.60. The lowest BCUT2D eigenvalue weighted by atomic mass is 10.2. The van der Waals surface area contributed by atoms with Crippen LogP contribution in [0.1, 0.15) is 23.3 Å². The molecular weight excluding hydrogens is 284 g/mol. The monoisotopic (exact) mass is 298 g/mol. The summed E-state index contributed by atoms with van der Waals surface area (Å²) in [5.74, 6) is -1.31. The van der Waals surface area contributed by atoms with Gasteiger partial charge in [-0.25, -0.2) is 18.0 Å². The molecule has 2 rings (SSSR count). The highest BCUT2D eigenvalue weighted by Gasteiger charge is 2.18. The maximum absolute atomic E-state index is 11.9. The first-order valence-corrected chi connectivity index (χ1v) is 7.90. The summed E-state index contributed by atoms with van der Waals surface area (Å²) in [5, 5.41) is 8.97. The molecule has 0 amide bonds. The highest BCUT2D eigenvalue weighted by molar-refractivity contribution is 7.90. The molecule has 0 radical (unpaired) electrons. The number of aromatic nitrogens is 2. The Hall–Kier alpha value is -2.09. The minimum Gasteiger partial charge on any atom is -0.478 e. The van der Waals surface area contributed by atoms with Crippen LogP contribution < -0.4 is 5.69 Å². The van der Waals surface area contributed by atoms with Gasteiger partial charge in [0.2, 0.25) is 0 Å². The molecule has 0 aliphatic heterocycles. The van der Waals surface area contributed by atoms with E-state index in [2.05, 4.69) is 4.98 Å². The molecule has 0 aliphatic rings. The molecule has 1 aromatic carbocycles. The van der Waals surface area contributed by atoms with E-state index in [1.54, 1.807) is 6.92 Å². The number of nitrogens with one attached hydrogen (secondary N) is 1. The molecule has 8 heteroatoms. The number of hydrogen-bond acceptors (Lipinski definition) is 4. The van der Waals surface area contributed by atoms with Crippen molar-refractivity contribution in [3.8, 4) is 0 Å². The van der Waals surface area contributed by atoms with Gasteiger partial charge in [0.15, 0.2) is 0 Å². The summed E-state index contributed by atoms with van der Waals surface area (Å²) in [6, 6.07) is 3.64. The second-order valence-corrected chi connectivity index (χ2v) is 6.96. The summed E-state index contributed by atoms with van der Waals surface area (Å²) >= 11 is 0. The summed E-state index contributed by atoms with van der Waals surface area (Å²) in [7, 11) is -3.25.